The minimum atomic E-state index is -0.177. The summed E-state index contributed by atoms with van der Waals surface area (Å²) in [6.07, 6.45) is 3.58. The van der Waals surface area contributed by atoms with Crippen LogP contribution in [-0.4, -0.2) is 23.8 Å². The highest BCUT2D eigenvalue weighted by molar-refractivity contribution is 5.17. The number of aliphatic hydroxyl groups is 1. The molecule has 0 spiro atoms. The van der Waals surface area contributed by atoms with E-state index in [0.29, 0.717) is 0 Å². The van der Waals surface area contributed by atoms with Crippen molar-refractivity contribution in [1.29, 1.82) is 0 Å². The summed E-state index contributed by atoms with van der Waals surface area (Å²) < 4.78 is 0. The van der Waals surface area contributed by atoms with E-state index in [0.717, 1.165) is 18.9 Å². The van der Waals surface area contributed by atoms with Gasteiger partial charge < -0.3 is 10.4 Å². The van der Waals surface area contributed by atoms with Crippen molar-refractivity contribution in [3.8, 4) is 0 Å². The quantitative estimate of drug-likeness (QED) is 0.767. The van der Waals surface area contributed by atoms with Gasteiger partial charge in [-0.05, 0) is 44.2 Å². The van der Waals surface area contributed by atoms with Gasteiger partial charge in [-0.15, -0.1) is 0 Å². The zero-order valence-electron chi connectivity index (χ0n) is 9.95. The molecule has 0 radical (unpaired) electrons. The molecule has 2 N–H and O–H groups in total. The van der Waals surface area contributed by atoms with Gasteiger partial charge in [0.25, 0.3) is 0 Å². The molecule has 1 aliphatic carbocycles. The first-order chi connectivity index (χ1) is 7.72. The van der Waals surface area contributed by atoms with Gasteiger partial charge in [0.15, 0.2) is 0 Å². The van der Waals surface area contributed by atoms with Crippen LogP contribution < -0.4 is 5.32 Å². The second-order valence-corrected chi connectivity index (χ2v) is 5.21. The maximum atomic E-state index is 9.52. The first kappa shape index (κ1) is 11.6. The van der Waals surface area contributed by atoms with Gasteiger partial charge in [-0.25, -0.2) is 0 Å². The van der Waals surface area contributed by atoms with Crippen LogP contribution in [-0.2, 0) is 6.42 Å². The molecule has 2 heteroatoms. The van der Waals surface area contributed by atoms with Crippen molar-refractivity contribution >= 4 is 0 Å². The Labute approximate surface area is 97.7 Å². The molecule has 16 heavy (non-hydrogen) atoms. The molecule has 0 heterocycles. The van der Waals surface area contributed by atoms with Crippen LogP contribution in [0.4, 0.5) is 0 Å². The van der Waals surface area contributed by atoms with E-state index in [1.54, 1.807) is 0 Å². The van der Waals surface area contributed by atoms with E-state index in [1.165, 1.54) is 18.4 Å². The molecule has 88 valence electrons. The van der Waals surface area contributed by atoms with E-state index in [-0.39, 0.29) is 12.1 Å². The lowest BCUT2D eigenvalue weighted by molar-refractivity contribution is 0.172. The molecular weight excluding hydrogens is 198 g/mol. The number of aliphatic hydroxyl groups excluding tert-OH is 1. The van der Waals surface area contributed by atoms with Gasteiger partial charge in [-0.1, -0.05) is 30.3 Å². The standard InChI is InChI=1S/C14H21NO/c1-14(11-16,15-10-13-7-8-13)9-12-5-3-2-4-6-12/h2-6,13,15-16H,7-11H2,1H3. The second kappa shape index (κ2) is 4.98. The molecule has 1 saturated carbocycles. The van der Waals surface area contributed by atoms with E-state index < -0.39 is 0 Å². The first-order valence-corrected chi connectivity index (χ1v) is 6.12. The van der Waals surface area contributed by atoms with E-state index in [9.17, 15) is 5.11 Å². The van der Waals surface area contributed by atoms with E-state index >= 15 is 0 Å². The highest BCUT2D eigenvalue weighted by atomic mass is 16.3. The van der Waals surface area contributed by atoms with Crippen LogP contribution in [0.3, 0.4) is 0 Å². The van der Waals surface area contributed by atoms with Crippen molar-refractivity contribution in [3.05, 3.63) is 35.9 Å². The highest BCUT2D eigenvalue weighted by Gasteiger charge is 2.28. The Morgan fingerprint density at radius 3 is 2.56 bits per heavy atom. The van der Waals surface area contributed by atoms with Crippen LogP contribution in [0, 0.1) is 5.92 Å². The third-order valence-corrected chi connectivity index (χ3v) is 3.30. The van der Waals surface area contributed by atoms with Crippen molar-refractivity contribution in [2.45, 2.75) is 31.7 Å². The summed E-state index contributed by atoms with van der Waals surface area (Å²) in [6.45, 7) is 3.33. The molecule has 1 fully saturated rings. The number of rotatable bonds is 6. The molecule has 1 aliphatic rings. The Morgan fingerprint density at radius 1 is 1.31 bits per heavy atom. The van der Waals surface area contributed by atoms with Crippen molar-refractivity contribution in [2.24, 2.45) is 5.92 Å². The Kier molecular flexibility index (Phi) is 3.62. The van der Waals surface area contributed by atoms with Crippen LogP contribution in [0.2, 0.25) is 0 Å². The topological polar surface area (TPSA) is 32.3 Å². The summed E-state index contributed by atoms with van der Waals surface area (Å²) in [4.78, 5) is 0. The number of hydrogen-bond donors (Lipinski definition) is 2. The Morgan fingerprint density at radius 2 is 2.00 bits per heavy atom. The fraction of sp³-hybridized carbons (Fsp3) is 0.571. The van der Waals surface area contributed by atoms with Gasteiger partial charge >= 0.3 is 0 Å². The zero-order valence-corrected chi connectivity index (χ0v) is 9.95. The van der Waals surface area contributed by atoms with E-state index in [2.05, 4.69) is 24.4 Å². The fourth-order valence-electron chi connectivity index (χ4n) is 1.93. The Bertz CT molecular complexity index is 321. The molecule has 1 aromatic rings. The normalized spacial score (nSPS) is 19.4. The molecule has 2 rings (SSSR count). The van der Waals surface area contributed by atoms with Gasteiger partial charge in [-0.2, -0.15) is 0 Å². The molecule has 1 unspecified atom stereocenters. The molecule has 1 aromatic carbocycles. The minimum Gasteiger partial charge on any atom is -0.394 e. The molecule has 0 amide bonds. The van der Waals surface area contributed by atoms with Gasteiger partial charge in [-0.3, -0.25) is 0 Å². The third kappa shape index (κ3) is 3.32. The summed E-state index contributed by atoms with van der Waals surface area (Å²) in [5, 5.41) is 13.0. The molecular formula is C14H21NO. The predicted molar refractivity (Wildman–Crippen MR) is 66.4 cm³/mol. The zero-order chi connectivity index (χ0) is 11.4. The van der Waals surface area contributed by atoms with Crippen LogP contribution in [0.15, 0.2) is 30.3 Å². The lowest BCUT2D eigenvalue weighted by Gasteiger charge is -2.29. The molecule has 2 nitrogen and oxygen atoms in total. The maximum absolute atomic E-state index is 9.52. The van der Waals surface area contributed by atoms with Gasteiger partial charge in [0.2, 0.25) is 0 Å². The maximum Gasteiger partial charge on any atom is 0.0613 e. The molecule has 0 aliphatic heterocycles. The first-order valence-electron chi connectivity index (χ1n) is 6.12. The monoisotopic (exact) mass is 219 g/mol. The molecule has 0 aromatic heterocycles. The van der Waals surface area contributed by atoms with Crippen molar-refractivity contribution in [1.82, 2.24) is 5.32 Å². The molecule has 0 saturated heterocycles. The molecule has 0 bridgehead atoms. The van der Waals surface area contributed by atoms with Crippen molar-refractivity contribution < 1.29 is 5.11 Å². The highest BCUT2D eigenvalue weighted by Crippen LogP contribution is 2.28. The van der Waals surface area contributed by atoms with E-state index in [4.69, 9.17) is 0 Å². The van der Waals surface area contributed by atoms with Crippen molar-refractivity contribution in [2.75, 3.05) is 13.2 Å². The van der Waals surface area contributed by atoms with Crippen LogP contribution in [0.5, 0.6) is 0 Å². The van der Waals surface area contributed by atoms with Crippen molar-refractivity contribution in [3.63, 3.8) is 0 Å². The van der Waals surface area contributed by atoms with Gasteiger partial charge in [0.05, 0.1) is 6.61 Å². The lowest BCUT2D eigenvalue weighted by Crippen LogP contribution is -2.48. The second-order valence-electron chi connectivity index (χ2n) is 5.21. The lowest BCUT2D eigenvalue weighted by atomic mass is 9.93. The predicted octanol–water partition coefficient (Wildman–Crippen LogP) is 1.98. The third-order valence-electron chi connectivity index (χ3n) is 3.30. The van der Waals surface area contributed by atoms with E-state index in [1.807, 2.05) is 18.2 Å². The van der Waals surface area contributed by atoms with Crippen LogP contribution in [0.25, 0.3) is 0 Å². The number of hydrogen-bond acceptors (Lipinski definition) is 2. The molecule has 1 atom stereocenters. The number of benzene rings is 1. The average molecular weight is 219 g/mol. The largest absolute Gasteiger partial charge is 0.394 e. The average Bonchev–Trinajstić information content (AvgIpc) is 3.12. The van der Waals surface area contributed by atoms with Crippen LogP contribution in [0.1, 0.15) is 25.3 Å². The summed E-state index contributed by atoms with van der Waals surface area (Å²) in [5.74, 6) is 0.849. The number of nitrogens with one attached hydrogen (secondary N) is 1. The summed E-state index contributed by atoms with van der Waals surface area (Å²) in [5.41, 5.74) is 1.10. The summed E-state index contributed by atoms with van der Waals surface area (Å²) in [6, 6.07) is 10.4. The summed E-state index contributed by atoms with van der Waals surface area (Å²) in [7, 11) is 0. The Balaban J connectivity index is 1.91. The van der Waals surface area contributed by atoms with Gasteiger partial charge in [0.1, 0.15) is 0 Å². The fourth-order valence-corrected chi connectivity index (χ4v) is 1.93. The van der Waals surface area contributed by atoms with Crippen LogP contribution >= 0.6 is 0 Å². The minimum absolute atomic E-state index is 0.177. The Hall–Kier alpha value is -0.860. The SMILES string of the molecule is CC(CO)(Cc1ccccc1)NCC1CC1. The summed E-state index contributed by atoms with van der Waals surface area (Å²) >= 11 is 0. The van der Waals surface area contributed by atoms with Gasteiger partial charge in [0, 0.05) is 5.54 Å². The smallest absolute Gasteiger partial charge is 0.0613 e.